The number of aromatic nitrogens is 4. The van der Waals surface area contributed by atoms with Crippen molar-refractivity contribution in [2.45, 2.75) is 6.92 Å². The first-order valence-electron chi connectivity index (χ1n) is 7.06. The van der Waals surface area contributed by atoms with E-state index in [4.69, 9.17) is 6.42 Å². The monoisotopic (exact) mass is 318 g/mol. The van der Waals surface area contributed by atoms with Gasteiger partial charge in [0.05, 0.1) is 23.4 Å². The molecule has 0 unspecified atom stereocenters. The van der Waals surface area contributed by atoms with Crippen LogP contribution in [0, 0.1) is 12.3 Å². The van der Waals surface area contributed by atoms with E-state index in [1.807, 2.05) is 12.8 Å². The summed E-state index contributed by atoms with van der Waals surface area (Å²) in [7, 11) is 0. The molecule has 2 heterocycles. The average Bonchev–Trinajstić information content (AvgIpc) is 2.97. The van der Waals surface area contributed by atoms with Crippen molar-refractivity contribution < 1.29 is 4.79 Å². The Morgan fingerprint density at radius 2 is 2.17 bits per heavy atom. The van der Waals surface area contributed by atoms with Crippen LogP contribution >= 0.6 is 0 Å². The number of carbonyl (C=O) groups is 1. The summed E-state index contributed by atoms with van der Waals surface area (Å²) in [6.45, 7) is 5.62. The SMILES string of the molecule is C#CC(=O)Nc1ccc2ncn(-c3cncc(NC(=C)C)n3)c2c1. The maximum Gasteiger partial charge on any atom is 0.300 e. The second kappa shape index (κ2) is 6.22. The Bertz CT molecular complexity index is 982. The molecule has 0 spiro atoms. The standard InChI is InChI=1S/C17H14N6O/c1-4-17(24)21-12-5-6-13-14(7-12)23(10-19-13)16-9-18-8-15(22-16)20-11(2)3/h1,5-10H,2H2,3H3,(H,20,22)(H,21,24). The summed E-state index contributed by atoms with van der Waals surface area (Å²) in [5.41, 5.74) is 2.87. The molecule has 118 valence electrons. The van der Waals surface area contributed by atoms with Gasteiger partial charge in [0.25, 0.3) is 5.91 Å². The number of rotatable bonds is 4. The number of carbonyl (C=O) groups excluding carboxylic acids is 1. The fourth-order valence-corrected chi connectivity index (χ4v) is 2.19. The number of hydrogen-bond acceptors (Lipinski definition) is 5. The Morgan fingerprint density at radius 1 is 1.33 bits per heavy atom. The lowest BCUT2D eigenvalue weighted by Crippen LogP contribution is -2.08. The van der Waals surface area contributed by atoms with E-state index < -0.39 is 5.91 Å². The van der Waals surface area contributed by atoms with Crippen molar-refractivity contribution in [2.75, 3.05) is 10.6 Å². The first kappa shape index (κ1) is 15.2. The number of anilines is 2. The zero-order valence-electron chi connectivity index (χ0n) is 12.9. The molecule has 24 heavy (non-hydrogen) atoms. The van der Waals surface area contributed by atoms with Crippen molar-refractivity contribution in [1.82, 2.24) is 19.5 Å². The molecular formula is C17H14N6O. The van der Waals surface area contributed by atoms with Crippen LogP contribution in [0.2, 0.25) is 0 Å². The van der Waals surface area contributed by atoms with E-state index in [1.165, 1.54) is 0 Å². The second-order valence-electron chi connectivity index (χ2n) is 5.08. The summed E-state index contributed by atoms with van der Waals surface area (Å²) in [5.74, 6) is 2.68. The van der Waals surface area contributed by atoms with E-state index in [9.17, 15) is 4.79 Å². The Morgan fingerprint density at radius 3 is 2.92 bits per heavy atom. The number of imidazole rings is 1. The van der Waals surface area contributed by atoms with E-state index in [2.05, 4.69) is 32.2 Å². The summed E-state index contributed by atoms with van der Waals surface area (Å²) >= 11 is 0. The topological polar surface area (TPSA) is 84.7 Å². The van der Waals surface area contributed by atoms with Crippen LogP contribution < -0.4 is 10.6 Å². The third-order valence-electron chi connectivity index (χ3n) is 3.15. The molecule has 2 aromatic heterocycles. The van der Waals surface area contributed by atoms with Gasteiger partial charge in [-0.05, 0) is 31.0 Å². The Labute approximate surface area is 138 Å². The molecular weight excluding hydrogens is 304 g/mol. The Balaban J connectivity index is 2.03. The number of fused-ring (bicyclic) bond motifs is 1. The van der Waals surface area contributed by atoms with Crippen molar-refractivity contribution in [1.29, 1.82) is 0 Å². The van der Waals surface area contributed by atoms with Gasteiger partial charge in [0.2, 0.25) is 0 Å². The van der Waals surface area contributed by atoms with Gasteiger partial charge in [-0.15, -0.1) is 6.42 Å². The molecule has 1 aromatic carbocycles. The highest BCUT2D eigenvalue weighted by atomic mass is 16.1. The van der Waals surface area contributed by atoms with Gasteiger partial charge in [-0.2, -0.15) is 0 Å². The number of allylic oxidation sites excluding steroid dienone is 1. The Hall–Kier alpha value is -3.66. The number of amides is 1. The molecule has 3 rings (SSSR count). The number of benzene rings is 1. The van der Waals surface area contributed by atoms with Crippen molar-refractivity contribution in [3.63, 3.8) is 0 Å². The normalized spacial score (nSPS) is 10.2. The van der Waals surface area contributed by atoms with Crippen molar-refractivity contribution in [3.8, 4) is 18.2 Å². The zero-order valence-corrected chi connectivity index (χ0v) is 12.9. The molecule has 3 aromatic rings. The minimum absolute atomic E-state index is 0.507. The highest BCUT2D eigenvalue weighted by molar-refractivity contribution is 6.04. The molecule has 7 nitrogen and oxygen atoms in total. The fraction of sp³-hybridized carbons (Fsp3) is 0.0588. The van der Waals surface area contributed by atoms with Crippen molar-refractivity contribution in [2.24, 2.45) is 0 Å². The van der Waals surface area contributed by atoms with E-state index >= 15 is 0 Å². The van der Waals surface area contributed by atoms with Crippen LogP contribution in [-0.4, -0.2) is 25.4 Å². The van der Waals surface area contributed by atoms with Gasteiger partial charge in [-0.25, -0.2) is 9.97 Å². The summed E-state index contributed by atoms with van der Waals surface area (Å²) in [4.78, 5) is 24.3. The zero-order chi connectivity index (χ0) is 17.1. The van der Waals surface area contributed by atoms with Gasteiger partial charge in [0, 0.05) is 11.4 Å². The van der Waals surface area contributed by atoms with Gasteiger partial charge >= 0.3 is 0 Å². The van der Waals surface area contributed by atoms with E-state index in [1.54, 1.807) is 41.5 Å². The van der Waals surface area contributed by atoms with Gasteiger partial charge in [-0.3, -0.25) is 14.3 Å². The molecule has 2 N–H and O–H groups in total. The van der Waals surface area contributed by atoms with Crippen LogP contribution in [0.5, 0.6) is 0 Å². The first-order valence-corrected chi connectivity index (χ1v) is 7.06. The summed E-state index contributed by atoms with van der Waals surface area (Å²) in [6, 6.07) is 5.30. The predicted molar refractivity (Wildman–Crippen MR) is 92.6 cm³/mol. The van der Waals surface area contributed by atoms with Crippen LogP contribution in [0.4, 0.5) is 11.5 Å². The molecule has 0 aliphatic rings. The number of hydrogen-bond donors (Lipinski definition) is 2. The summed E-state index contributed by atoms with van der Waals surface area (Å²) in [5, 5.41) is 5.63. The highest BCUT2D eigenvalue weighted by Gasteiger charge is 2.09. The molecule has 0 aliphatic carbocycles. The van der Waals surface area contributed by atoms with E-state index in [0.29, 0.717) is 17.3 Å². The van der Waals surface area contributed by atoms with Crippen LogP contribution in [0.15, 0.2) is 49.2 Å². The maximum atomic E-state index is 11.3. The number of nitrogens with one attached hydrogen (secondary N) is 2. The lowest BCUT2D eigenvalue weighted by molar-refractivity contribution is -0.111. The van der Waals surface area contributed by atoms with Crippen molar-refractivity contribution in [3.05, 3.63) is 49.2 Å². The van der Waals surface area contributed by atoms with Crippen LogP contribution in [0.25, 0.3) is 16.9 Å². The lowest BCUT2D eigenvalue weighted by Gasteiger charge is -2.08. The molecule has 0 radical (unpaired) electrons. The van der Waals surface area contributed by atoms with Crippen LogP contribution in [0.1, 0.15) is 6.92 Å². The predicted octanol–water partition coefficient (Wildman–Crippen LogP) is 2.33. The van der Waals surface area contributed by atoms with E-state index in [-0.39, 0.29) is 0 Å². The third-order valence-corrected chi connectivity index (χ3v) is 3.15. The van der Waals surface area contributed by atoms with Crippen molar-refractivity contribution >= 4 is 28.4 Å². The summed E-state index contributed by atoms with van der Waals surface area (Å²) in [6.07, 6.45) is 9.95. The molecule has 0 aliphatic heterocycles. The van der Waals surface area contributed by atoms with Gasteiger partial charge < -0.3 is 10.6 Å². The largest absolute Gasteiger partial charge is 0.343 e. The molecule has 0 saturated carbocycles. The average molecular weight is 318 g/mol. The van der Waals surface area contributed by atoms with E-state index in [0.717, 1.165) is 16.7 Å². The molecule has 0 fully saturated rings. The highest BCUT2D eigenvalue weighted by Crippen LogP contribution is 2.21. The minimum atomic E-state index is -0.507. The van der Waals surface area contributed by atoms with Gasteiger partial charge in [0.1, 0.15) is 6.33 Å². The van der Waals surface area contributed by atoms with Gasteiger partial charge in [0.15, 0.2) is 11.6 Å². The first-order chi connectivity index (χ1) is 11.6. The lowest BCUT2D eigenvalue weighted by atomic mass is 10.2. The minimum Gasteiger partial charge on any atom is -0.343 e. The molecule has 0 atom stereocenters. The van der Waals surface area contributed by atoms with Crippen LogP contribution in [0.3, 0.4) is 0 Å². The molecule has 0 saturated heterocycles. The number of nitrogens with zero attached hydrogens (tertiary/aromatic N) is 4. The quantitative estimate of drug-likeness (QED) is 0.721. The number of terminal acetylenes is 1. The third kappa shape index (κ3) is 3.08. The summed E-state index contributed by atoms with van der Waals surface area (Å²) < 4.78 is 1.78. The molecule has 0 bridgehead atoms. The van der Waals surface area contributed by atoms with Crippen LogP contribution in [-0.2, 0) is 4.79 Å². The molecule has 7 heteroatoms. The van der Waals surface area contributed by atoms with Gasteiger partial charge in [-0.1, -0.05) is 6.58 Å². The fourth-order valence-electron chi connectivity index (χ4n) is 2.19. The smallest absolute Gasteiger partial charge is 0.300 e. The maximum absolute atomic E-state index is 11.3. The second-order valence-corrected chi connectivity index (χ2v) is 5.08. The molecule has 1 amide bonds. The Kier molecular flexibility index (Phi) is 3.95.